The molecular weight excluding hydrogens is 356 g/mol. The smallest absolute Gasteiger partial charge is 0.264 e. The van der Waals surface area contributed by atoms with Crippen LogP contribution in [0.4, 0.5) is 5.69 Å². The summed E-state index contributed by atoms with van der Waals surface area (Å²) in [6.07, 6.45) is 1.02. The number of hydrogen-bond acceptors (Lipinski definition) is 3. The summed E-state index contributed by atoms with van der Waals surface area (Å²) < 4.78 is 5.40. The van der Waals surface area contributed by atoms with E-state index in [1.807, 2.05) is 18.2 Å². The molecule has 0 fully saturated rings. The van der Waals surface area contributed by atoms with Gasteiger partial charge in [-0.15, -0.1) is 0 Å². The van der Waals surface area contributed by atoms with E-state index < -0.39 is 0 Å². The van der Waals surface area contributed by atoms with Crippen molar-refractivity contribution < 1.29 is 9.53 Å². The minimum absolute atomic E-state index is 0.129. The SMILES string of the molecule is CC[C@H](C)c1ccccc1NC(=S)NC(=O)COc1ccc(Cl)cc1. The monoisotopic (exact) mass is 376 g/mol. The minimum Gasteiger partial charge on any atom is -0.484 e. The normalized spacial score (nSPS) is 11.5. The maximum Gasteiger partial charge on any atom is 0.264 e. The second-order valence-electron chi connectivity index (χ2n) is 5.64. The van der Waals surface area contributed by atoms with Gasteiger partial charge in [0.15, 0.2) is 11.7 Å². The Balaban J connectivity index is 1.87. The molecule has 0 spiro atoms. The summed E-state index contributed by atoms with van der Waals surface area (Å²) in [5, 5.41) is 6.58. The van der Waals surface area contributed by atoms with Crippen molar-refractivity contribution in [3.05, 3.63) is 59.1 Å². The number of carbonyl (C=O) groups excluding carboxylic acids is 1. The van der Waals surface area contributed by atoms with Crippen LogP contribution in [0, 0.1) is 0 Å². The summed E-state index contributed by atoms with van der Waals surface area (Å²) in [4.78, 5) is 12.0. The zero-order chi connectivity index (χ0) is 18.2. The lowest BCUT2D eigenvalue weighted by Gasteiger charge is -2.17. The highest BCUT2D eigenvalue weighted by Gasteiger charge is 2.11. The molecule has 0 saturated carbocycles. The number of rotatable bonds is 6. The van der Waals surface area contributed by atoms with Crippen molar-refractivity contribution >= 4 is 40.5 Å². The highest BCUT2D eigenvalue weighted by molar-refractivity contribution is 7.80. The van der Waals surface area contributed by atoms with Gasteiger partial charge in [0.1, 0.15) is 5.75 Å². The molecule has 0 aliphatic carbocycles. The molecule has 0 unspecified atom stereocenters. The largest absolute Gasteiger partial charge is 0.484 e. The fourth-order valence-corrected chi connectivity index (χ4v) is 2.61. The average molecular weight is 377 g/mol. The van der Waals surface area contributed by atoms with E-state index in [4.69, 9.17) is 28.6 Å². The third-order valence-corrected chi connectivity index (χ3v) is 4.24. The van der Waals surface area contributed by atoms with Gasteiger partial charge in [0.2, 0.25) is 0 Å². The zero-order valence-corrected chi connectivity index (χ0v) is 15.8. The molecule has 132 valence electrons. The molecule has 0 radical (unpaired) electrons. The van der Waals surface area contributed by atoms with Gasteiger partial charge >= 0.3 is 0 Å². The van der Waals surface area contributed by atoms with Gasteiger partial charge in [-0.3, -0.25) is 10.1 Å². The van der Waals surface area contributed by atoms with E-state index in [0.717, 1.165) is 12.1 Å². The molecule has 2 rings (SSSR count). The molecule has 0 aliphatic rings. The Labute approximate surface area is 158 Å². The van der Waals surface area contributed by atoms with E-state index in [1.165, 1.54) is 5.56 Å². The van der Waals surface area contributed by atoms with Crippen LogP contribution >= 0.6 is 23.8 Å². The highest BCUT2D eigenvalue weighted by Crippen LogP contribution is 2.26. The molecule has 2 aromatic rings. The average Bonchev–Trinajstić information content (AvgIpc) is 2.61. The van der Waals surface area contributed by atoms with Gasteiger partial charge in [-0.2, -0.15) is 0 Å². The van der Waals surface area contributed by atoms with Gasteiger partial charge in [0, 0.05) is 10.7 Å². The molecule has 2 aromatic carbocycles. The number of amides is 1. The van der Waals surface area contributed by atoms with Gasteiger partial charge in [0.05, 0.1) is 0 Å². The zero-order valence-electron chi connectivity index (χ0n) is 14.2. The Morgan fingerprint density at radius 1 is 1.20 bits per heavy atom. The molecule has 6 heteroatoms. The second-order valence-corrected chi connectivity index (χ2v) is 6.49. The van der Waals surface area contributed by atoms with Crippen molar-refractivity contribution in [3.8, 4) is 5.75 Å². The quantitative estimate of drug-likeness (QED) is 0.714. The lowest BCUT2D eigenvalue weighted by Crippen LogP contribution is -2.37. The molecule has 25 heavy (non-hydrogen) atoms. The first kappa shape index (κ1) is 19.2. The van der Waals surface area contributed by atoms with Crippen LogP contribution in [0.5, 0.6) is 5.75 Å². The number of nitrogens with one attached hydrogen (secondary N) is 2. The van der Waals surface area contributed by atoms with Crippen molar-refractivity contribution in [2.75, 3.05) is 11.9 Å². The van der Waals surface area contributed by atoms with Crippen LogP contribution in [0.15, 0.2) is 48.5 Å². The predicted molar refractivity (Wildman–Crippen MR) is 106 cm³/mol. The van der Waals surface area contributed by atoms with Crippen LogP contribution in [-0.4, -0.2) is 17.6 Å². The van der Waals surface area contributed by atoms with Crippen molar-refractivity contribution in [2.45, 2.75) is 26.2 Å². The Morgan fingerprint density at radius 3 is 2.56 bits per heavy atom. The van der Waals surface area contributed by atoms with Crippen LogP contribution in [0.1, 0.15) is 31.7 Å². The number of carbonyl (C=O) groups is 1. The first-order chi connectivity index (χ1) is 12.0. The number of halogens is 1. The Kier molecular flexibility index (Phi) is 7.22. The van der Waals surface area contributed by atoms with Crippen LogP contribution in [0.25, 0.3) is 0 Å². The molecule has 0 bridgehead atoms. The number of benzene rings is 2. The number of anilines is 1. The standard InChI is InChI=1S/C19H21ClN2O2S/c1-3-13(2)16-6-4-5-7-17(16)21-19(25)22-18(23)12-24-15-10-8-14(20)9-11-15/h4-11,13H,3,12H2,1-2H3,(H2,21,22,23,25)/t13-/m0/s1. The molecule has 2 N–H and O–H groups in total. The van der Waals surface area contributed by atoms with Gasteiger partial charge in [-0.25, -0.2) is 0 Å². The molecule has 1 amide bonds. The first-order valence-corrected chi connectivity index (χ1v) is 8.86. The lowest BCUT2D eigenvalue weighted by atomic mass is 9.97. The first-order valence-electron chi connectivity index (χ1n) is 8.07. The van der Waals surface area contributed by atoms with Gasteiger partial charge in [-0.05, 0) is 60.5 Å². The van der Waals surface area contributed by atoms with Crippen molar-refractivity contribution in [1.82, 2.24) is 5.32 Å². The van der Waals surface area contributed by atoms with E-state index in [-0.39, 0.29) is 17.6 Å². The number of para-hydroxylation sites is 1. The number of thiocarbonyl (C=S) groups is 1. The molecule has 4 nitrogen and oxygen atoms in total. The van der Waals surface area contributed by atoms with Crippen LogP contribution in [0.2, 0.25) is 5.02 Å². The Bertz CT molecular complexity index is 734. The number of hydrogen-bond donors (Lipinski definition) is 2. The molecular formula is C19H21ClN2O2S. The third-order valence-electron chi connectivity index (χ3n) is 3.79. The Hall–Kier alpha value is -2.11. The van der Waals surface area contributed by atoms with Crippen molar-refractivity contribution in [1.29, 1.82) is 0 Å². The van der Waals surface area contributed by atoms with E-state index >= 15 is 0 Å². The maximum absolute atomic E-state index is 12.0. The molecule has 1 atom stereocenters. The van der Waals surface area contributed by atoms with Crippen LogP contribution < -0.4 is 15.4 Å². The summed E-state index contributed by atoms with van der Waals surface area (Å²) in [5.41, 5.74) is 2.07. The second kappa shape index (κ2) is 9.39. The fourth-order valence-electron chi connectivity index (χ4n) is 2.26. The molecule has 0 saturated heterocycles. The Morgan fingerprint density at radius 2 is 1.88 bits per heavy atom. The van der Waals surface area contributed by atoms with E-state index in [9.17, 15) is 4.79 Å². The van der Waals surface area contributed by atoms with Crippen LogP contribution in [0.3, 0.4) is 0 Å². The summed E-state index contributed by atoms with van der Waals surface area (Å²) in [5.74, 6) is 0.643. The van der Waals surface area contributed by atoms with E-state index in [0.29, 0.717) is 16.7 Å². The number of ether oxygens (including phenoxy) is 1. The summed E-state index contributed by atoms with van der Waals surface area (Å²) in [6, 6.07) is 14.7. The van der Waals surface area contributed by atoms with Crippen LogP contribution in [-0.2, 0) is 4.79 Å². The highest BCUT2D eigenvalue weighted by atomic mass is 35.5. The van der Waals surface area contributed by atoms with Crippen molar-refractivity contribution in [2.24, 2.45) is 0 Å². The molecule has 0 aliphatic heterocycles. The van der Waals surface area contributed by atoms with Gasteiger partial charge in [0.25, 0.3) is 5.91 Å². The van der Waals surface area contributed by atoms with Gasteiger partial charge < -0.3 is 10.1 Å². The molecule has 0 aromatic heterocycles. The predicted octanol–water partition coefficient (Wildman–Crippen LogP) is 4.75. The van der Waals surface area contributed by atoms with Gasteiger partial charge in [-0.1, -0.05) is 43.6 Å². The van der Waals surface area contributed by atoms with Crippen molar-refractivity contribution in [3.63, 3.8) is 0 Å². The third kappa shape index (κ3) is 6.03. The fraction of sp³-hybridized carbons (Fsp3) is 0.263. The lowest BCUT2D eigenvalue weighted by molar-refractivity contribution is -0.121. The topological polar surface area (TPSA) is 50.4 Å². The van der Waals surface area contributed by atoms with E-state index in [2.05, 4.69) is 30.5 Å². The summed E-state index contributed by atoms with van der Waals surface area (Å²) in [6.45, 7) is 4.16. The minimum atomic E-state index is -0.325. The summed E-state index contributed by atoms with van der Waals surface area (Å²) in [7, 11) is 0. The maximum atomic E-state index is 12.0. The van der Waals surface area contributed by atoms with E-state index in [1.54, 1.807) is 24.3 Å². The molecule has 0 heterocycles. The summed E-state index contributed by atoms with van der Waals surface area (Å²) >= 11 is 11.0.